The molecule has 0 N–H and O–H groups in total. The van der Waals surface area contributed by atoms with Crippen LogP contribution in [-0.4, -0.2) is 9.13 Å². The van der Waals surface area contributed by atoms with Gasteiger partial charge in [0, 0.05) is 74.7 Å². The molecule has 11 rings (SSSR count). The molecule has 0 unspecified atom stereocenters. The number of para-hydroxylation sites is 4. The Morgan fingerprint density at radius 2 is 1.12 bits per heavy atom. The Kier molecular flexibility index (Phi) is 6.06. The monoisotopic (exact) mass is 667 g/mol. The van der Waals surface area contributed by atoms with Crippen molar-refractivity contribution in [3.8, 4) is 45.0 Å². The van der Waals surface area contributed by atoms with Gasteiger partial charge in [0.25, 0.3) is 0 Å². The molecule has 0 bridgehead atoms. The van der Waals surface area contributed by atoms with Gasteiger partial charge < -0.3 is 18.8 Å². The fourth-order valence-electron chi connectivity index (χ4n) is 8.60. The van der Waals surface area contributed by atoms with Gasteiger partial charge in [-0.3, -0.25) is 0 Å². The van der Waals surface area contributed by atoms with Crippen molar-refractivity contribution >= 4 is 61.9 Å². The molecular weight excluding hydrogens is 635 g/mol. The lowest BCUT2D eigenvalue weighted by molar-refractivity contribution is 0.487. The lowest BCUT2D eigenvalue weighted by Gasteiger charge is -2.27. The molecule has 2 aliphatic rings. The molecule has 0 spiro atoms. The molecule has 7 aromatic carbocycles. The molecule has 4 heterocycles. The zero-order chi connectivity index (χ0) is 34.5. The van der Waals surface area contributed by atoms with Crippen molar-refractivity contribution in [2.75, 3.05) is 4.90 Å². The molecule has 4 heteroatoms. The standard InChI is InChI=1S/C48H33N3O/c1-49-41-16-8-4-12-35(41)38-29-43-33(28-44(38)49)20-19-31-11-3-7-15-40(31)51(43)34-24-21-30(22-25-34)32-23-26-42-39(27-32)47-36-13-5-9-17-45(36)52-46-18-10-6-14-37(46)48(47)50(42)2/h3-29H,1-2H3. The summed E-state index contributed by atoms with van der Waals surface area (Å²) < 4.78 is 11.1. The van der Waals surface area contributed by atoms with Crippen molar-refractivity contribution in [2.45, 2.75) is 0 Å². The minimum Gasteiger partial charge on any atom is -0.456 e. The summed E-state index contributed by atoms with van der Waals surface area (Å²) in [5, 5.41) is 3.75. The third-order valence-corrected chi connectivity index (χ3v) is 11.1. The van der Waals surface area contributed by atoms with Crippen LogP contribution >= 0.6 is 0 Å². The number of aryl methyl sites for hydroxylation is 2. The summed E-state index contributed by atoms with van der Waals surface area (Å²) in [6.45, 7) is 0. The first-order valence-electron chi connectivity index (χ1n) is 17.8. The molecule has 2 aromatic heterocycles. The Balaban J connectivity index is 1.07. The molecule has 246 valence electrons. The van der Waals surface area contributed by atoms with E-state index in [1.807, 2.05) is 12.1 Å². The molecule has 0 fully saturated rings. The number of ether oxygens (including phenoxy) is 1. The summed E-state index contributed by atoms with van der Waals surface area (Å²) in [6, 6.07) is 54.8. The van der Waals surface area contributed by atoms with Crippen molar-refractivity contribution in [2.24, 2.45) is 14.1 Å². The average molecular weight is 668 g/mol. The number of anilines is 3. The van der Waals surface area contributed by atoms with Crippen molar-refractivity contribution < 1.29 is 4.74 Å². The number of hydrogen-bond acceptors (Lipinski definition) is 2. The van der Waals surface area contributed by atoms with Gasteiger partial charge in [-0.05, 0) is 83.4 Å². The van der Waals surface area contributed by atoms with Gasteiger partial charge >= 0.3 is 0 Å². The maximum absolute atomic E-state index is 6.51. The predicted octanol–water partition coefficient (Wildman–Crippen LogP) is 12.9. The van der Waals surface area contributed by atoms with Crippen molar-refractivity contribution in [1.29, 1.82) is 0 Å². The third kappa shape index (κ3) is 4.09. The van der Waals surface area contributed by atoms with Gasteiger partial charge in [0.1, 0.15) is 11.5 Å². The van der Waals surface area contributed by atoms with E-state index in [-0.39, 0.29) is 0 Å². The summed E-state index contributed by atoms with van der Waals surface area (Å²) in [6.07, 6.45) is 4.51. The summed E-state index contributed by atoms with van der Waals surface area (Å²) >= 11 is 0. The topological polar surface area (TPSA) is 22.3 Å². The highest BCUT2D eigenvalue weighted by Gasteiger charge is 2.27. The Labute approximate surface area is 301 Å². The van der Waals surface area contributed by atoms with E-state index in [0.717, 1.165) is 28.3 Å². The van der Waals surface area contributed by atoms with Crippen LogP contribution in [0.15, 0.2) is 152 Å². The smallest absolute Gasteiger partial charge is 0.136 e. The lowest BCUT2D eigenvalue weighted by atomic mass is 9.96. The number of hydrogen-bond donors (Lipinski definition) is 0. The molecule has 0 radical (unpaired) electrons. The molecule has 2 aliphatic heterocycles. The van der Waals surface area contributed by atoms with Crippen LogP contribution < -0.4 is 9.64 Å². The van der Waals surface area contributed by atoms with Gasteiger partial charge in [-0.1, -0.05) is 97.1 Å². The Morgan fingerprint density at radius 3 is 1.98 bits per heavy atom. The zero-order valence-electron chi connectivity index (χ0n) is 28.8. The van der Waals surface area contributed by atoms with Crippen LogP contribution in [0.4, 0.5) is 17.1 Å². The first-order chi connectivity index (χ1) is 25.6. The van der Waals surface area contributed by atoms with E-state index in [2.05, 4.69) is 180 Å². The average Bonchev–Trinajstić information content (AvgIpc) is 3.48. The van der Waals surface area contributed by atoms with Gasteiger partial charge in [0.2, 0.25) is 0 Å². The molecular formula is C48H33N3O. The number of fused-ring (bicyclic) bond motifs is 12. The number of rotatable bonds is 2. The highest BCUT2D eigenvalue weighted by molar-refractivity contribution is 6.12. The van der Waals surface area contributed by atoms with E-state index < -0.39 is 0 Å². The molecule has 0 saturated carbocycles. The molecule has 52 heavy (non-hydrogen) atoms. The van der Waals surface area contributed by atoms with Crippen LogP contribution in [0, 0.1) is 0 Å². The highest BCUT2D eigenvalue weighted by Crippen LogP contribution is 2.51. The van der Waals surface area contributed by atoms with Gasteiger partial charge in [-0.15, -0.1) is 0 Å². The fourth-order valence-corrected chi connectivity index (χ4v) is 8.60. The number of nitrogens with zero attached hydrogens (tertiary/aromatic N) is 3. The van der Waals surface area contributed by atoms with Gasteiger partial charge in [0.15, 0.2) is 0 Å². The van der Waals surface area contributed by atoms with Crippen molar-refractivity contribution in [3.63, 3.8) is 0 Å². The summed E-state index contributed by atoms with van der Waals surface area (Å²) in [4.78, 5) is 2.42. The van der Waals surface area contributed by atoms with Crippen LogP contribution in [0.5, 0.6) is 11.5 Å². The highest BCUT2D eigenvalue weighted by atomic mass is 16.5. The summed E-state index contributed by atoms with van der Waals surface area (Å²) in [5.74, 6) is 1.76. The van der Waals surface area contributed by atoms with E-state index >= 15 is 0 Å². The van der Waals surface area contributed by atoms with E-state index in [1.54, 1.807) is 0 Å². The van der Waals surface area contributed by atoms with Crippen molar-refractivity contribution in [3.05, 3.63) is 163 Å². The molecule has 0 saturated heterocycles. The summed E-state index contributed by atoms with van der Waals surface area (Å²) in [5.41, 5.74) is 16.5. The van der Waals surface area contributed by atoms with E-state index in [1.165, 1.54) is 77.6 Å². The third-order valence-electron chi connectivity index (χ3n) is 11.1. The SMILES string of the molecule is Cn1c2c(c3cc(-c4ccc(N5c6ccccc6C=Cc6cc7c(cc65)c5ccccc5n7C)cc4)ccc31)-c1ccccc1Oc1ccccc1-2. The van der Waals surface area contributed by atoms with Crippen LogP contribution in [0.25, 0.3) is 78.4 Å². The maximum Gasteiger partial charge on any atom is 0.136 e. The minimum atomic E-state index is 0.878. The number of aromatic nitrogens is 2. The molecule has 9 aromatic rings. The van der Waals surface area contributed by atoms with Crippen LogP contribution in [0.3, 0.4) is 0 Å². The number of benzene rings is 7. The van der Waals surface area contributed by atoms with Crippen LogP contribution in [0.1, 0.15) is 11.1 Å². The van der Waals surface area contributed by atoms with E-state index in [4.69, 9.17) is 4.74 Å². The largest absolute Gasteiger partial charge is 0.456 e. The quantitative estimate of drug-likeness (QED) is 0.183. The maximum atomic E-state index is 6.51. The van der Waals surface area contributed by atoms with Crippen LogP contribution in [-0.2, 0) is 14.1 Å². The normalized spacial score (nSPS) is 12.8. The lowest BCUT2D eigenvalue weighted by Crippen LogP contribution is -2.11. The second-order valence-electron chi connectivity index (χ2n) is 13.9. The molecule has 0 amide bonds. The second kappa shape index (κ2) is 10.9. The van der Waals surface area contributed by atoms with Gasteiger partial charge in [0.05, 0.1) is 17.1 Å². The predicted molar refractivity (Wildman–Crippen MR) is 217 cm³/mol. The zero-order valence-corrected chi connectivity index (χ0v) is 28.8. The molecule has 4 nitrogen and oxygen atoms in total. The Morgan fingerprint density at radius 1 is 0.442 bits per heavy atom. The van der Waals surface area contributed by atoms with Gasteiger partial charge in [-0.25, -0.2) is 0 Å². The van der Waals surface area contributed by atoms with Crippen molar-refractivity contribution in [1.82, 2.24) is 9.13 Å². The first kappa shape index (κ1) is 29.0. The molecule has 0 aliphatic carbocycles. The minimum absolute atomic E-state index is 0.878. The Bertz CT molecular complexity index is 2960. The second-order valence-corrected chi connectivity index (χ2v) is 13.9. The molecule has 0 atom stereocenters. The van der Waals surface area contributed by atoms with E-state index in [0.29, 0.717) is 0 Å². The fraction of sp³-hybridized carbons (Fsp3) is 0.0417. The van der Waals surface area contributed by atoms with Gasteiger partial charge in [-0.2, -0.15) is 0 Å². The first-order valence-corrected chi connectivity index (χ1v) is 17.8. The summed E-state index contributed by atoms with van der Waals surface area (Å²) in [7, 11) is 4.33. The van der Waals surface area contributed by atoms with E-state index in [9.17, 15) is 0 Å². The Hall–Kier alpha value is -6.78. The van der Waals surface area contributed by atoms with Crippen LogP contribution in [0.2, 0.25) is 0 Å².